The first-order chi connectivity index (χ1) is 14.6. The average molecular weight is 429 g/mol. The van der Waals surface area contributed by atoms with Crippen LogP contribution in [0.5, 0.6) is 0 Å². The number of benzene rings is 1. The summed E-state index contributed by atoms with van der Waals surface area (Å²) in [4.78, 5) is 26.9. The summed E-state index contributed by atoms with van der Waals surface area (Å²) in [7, 11) is 1.79. The second-order valence-electron chi connectivity index (χ2n) is 8.37. The third-order valence-corrected chi connectivity index (χ3v) is 5.04. The first-order valence-corrected chi connectivity index (χ1v) is 11.3. The van der Waals surface area contributed by atoms with Gasteiger partial charge in [0.15, 0.2) is 0 Å². The Kier molecular flexibility index (Phi) is 9.54. The van der Waals surface area contributed by atoms with Crippen molar-refractivity contribution >= 4 is 6.09 Å². The van der Waals surface area contributed by atoms with E-state index in [4.69, 9.17) is 4.74 Å². The largest absolute Gasteiger partial charge is 0.444 e. The highest BCUT2D eigenvalue weighted by atomic mass is 16.6. The Hall–Kier alpha value is -2.56. The number of fused-ring (bicyclic) bond motifs is 1. The van der Waals surface area contributed by atoms with Crippen molar-refractivity contribution in [2.45, 2.75) is 80.9 Å². The van der Waals surface area contributed by atoms with Gasteiger partial charge < -0.3 is 14.2 Å². The summed E-state index contributed by atoms with van der Waals surface area (Å²) in [5.41, 5.74) is 5.70. The highest BCUT2D eigenvalue weighted by Gasteiger charge is 2.29. The average Bonchev–Trinajstić information content (AvgIpc) is 2.74. The number of nitrogens with zero attached hydrogens (tertiary/aromatic N) is 2. The number of aromatic nitrogens is 1. The van der Waals surface area contributed by atoms with Crippen LogP contribution in [0.2, 0.25) is 0 Å². The fraction of sp³-hybridized carbons (Fsp3) is 0.538. The second kappa shape index (κ2) is 11.2. The maximum absolute atomic E-state index is 12.7. The van der Waals surface area contributed by atoms with Gasteiger partial charge in [-0.1, -0.05) is 45.9 Å². The van der Waals surface area contributed by atoms with E-state index in [1.807, 2.05) is 54.7 Å². The monoisotopic (exact) mass is 428 g/mol. The van der Waals surface area contributed by atoms with Crippen molar-refractivity contribution in [3.63, 3.8) is 0 Å². The van der Waals surface area contributed by atoms with E-state index in [2.05, 4.69) is 32.0 Å². The van der Waals surface area contributed by atoms with E-state index in [1.165, 1.54) is 11.1 Å². The molecule has 5 nitrogen and oxygen atoms in total. The van der Waals surface area contributed by atoms with E-state index < -0.39 is 5.60 Å². The van der Waals surface area contributed by atoms with Crippen molar-refractivity contribution in [2.75, 3.05) is 6.54 Å². The molecule has 0 spiro atoms. The van der Waals surface area contributed by atoms with E-state index in [9.17, 15) is 9.59 Å². The molecule has 0 aliphatic carbocycles. The zero-order valence-electron chi connectivity index (χ0n) is 21.0. The van der Waals surface area contributed by atoms with Crippen LogP contribution in [-0.2, 0) is 24.8 Å². The number of aryl methyl sites for hydroxylation is 3. The Morgan fingerprint density at radius 3 is 2.16 bits per heavy atom. The van der Waals surface area contributed by atoms with Gasteiger partial charge in [-0.15, -0.1) is 0 Å². The standard InChI is InChI=1S/C22H28N2O3.2C2H6/c1-14-7-8-16(11-15(14)2)18-12-23(6)20(25)17-9-10-24(13-19(17)18)21(26)27-22(3,4)5;2*1-2/h7-8,11-12H,9-10,13H2,1-6H3;2*1-2H3. The summed E-state index contributed by atoms with van der Waals surface area (Å²) in [5, 5.41) is 0. The maximum Gasteiger partial charge on any atom is 0.410 e. The molecule has 31 heavy (non-hydrogen) atoms. The summed E-state index contributed by atoms with van der Waals surface area (Å²) < 4.78 is 7.18. The Morgan fingerprint density at radius 2 is 1.61 bits per heavy atom. The number of carbonyl (C=O) groups excluding carboxylic acids is 1. The minimum Gasteiger partial charge on any atom is -0.444 e. The highest BCUT2D eigenvalue weighted by Crippen LogP contribution is 2.30. The molecule has 0 saturated carbocycles. The van der Waals surface area contributed by atoms with Crippen LogP contribution in [0.4, 0.5) is 4.79 Å². The number of pyridine rings is 1. The molecule has 2 aromatic rings. The Balaban J connectivity index is 0.00000113. The van der Waals surface area contributed by atoms with Gasteiger partial charge in [-0.25, -0.2) is 4.79 Å². The van der Waals surface area contributed by atoms with Gasteiger partial charge in [0, 0.05) is 30.9 Å². The van der Waals surface area contributed by atoms with Crippen LogP contribution >= 0.6 is 0 Å². The van der Waals surface area contributed by atoms with Gasteiger partial charge in [0.25, 0.3) is 5.56 Å². The molecule has 0 fully saturated rings. The van der Waals surface area contributed by atoms with Gasteiger partial charge in [-0.3, -0.25) is 4.79 Å². The molecule has 1 aliphatic rings. The van der Waals surface area contributed by atoms with Crippen LogP contribution in [0.3, 0.4) is 0 Å². The lowest BCUT2D eigenvalue weighted by Gasteiger charge is -2.32. The molecule has 0 saturated heterocycles. The highest BCUT2D eigenvalue weighted by molar-refractivity contribution is 5.72. The fourth-order valence-electron chi connectivity index (χ4n) is 3.43. The van der Waals surface area contributed by atoms with Crippen molar-refractivity contribution < 1.29 is 9.53 Å². The Morgan fingerprint density at radius 1 is 1.00 bits per heavy atom. The predicted molar refractivity (Wildman–Crippen MR) is 130 cm³/mol. The SMILES string of the molecule is CC.CC.Cc1ccc(-c2cn(C)c(=O)c3c2CN(C(=O)OC(C)(C)C)CC3)cc1C. The van der Waals surface area contributed by atoms with Crippen molar-refractivity contribution in [2.24, 2.45) is 7.05 Å². The summed E-state index contributed by atoms with van der Waals surface area (Å²) in [6, 6.07) is 6.31. The second-order valence-corrected chi connectivity index (χ2v) is 8.37. The lowest BCUT2D eigenvalue weighted by atomic mass is 9.92. The van der Waals surface area contributed by atoms with Gasteiger partial charge in [0.05, 0.1) is 6.54 Å². The molecule has 0 radical (unpaired) electrons. The number of ether oxygens (including phenoxy) is 1. The first kappa shape index (κ1) is 26.5. The predicted octanol–water partition coefficient (Wildman–Crippen LogP) is 6.01. The lowest BCUT2D eigenvalue weighted by Crippen LogP contribution is -2.42. The van der Waals surface area contributed by atoms with E-state index in [0.717, 1.165) is 22.3 Å². The van der Waals surface area contributed by atoms with E-state index in [0.29, 0.717) is 19.5 Å². The minimum atomic E-state index is -0.541. The van der Waals surface area contributed by atoms with Gasteiger partial charge in [0.2, 0.25) is 0 Å². The van der Waals surface area contributed by atoms with E-state index in [1.54, 1.807) is 16.5 Å². The van der Waals surface area contributed by atoms with E-state index >= 15 is 0 Å². The Labute approximate surface area is 188 Å². The number of amides is 1. The summed E-state index contributed by atoms with van der Waals surface area (Å²) in [5.74, 6) is 0. The number of rotatable bonds is 1. The van der Waals surface area contributed by atoms with Crippen LogP contribution in [0.1, 0.15) is 70.7 Å². The minimum absolute atomic E-state index is 0.0152. The van der Waals surface area contributed by atoms with Crippen LogP contribution in [0.25, 0.3) is 11.1 Å². The van der Waals surface area contributed by atoms with Gasteiger partial charge in [-0.05, 0) is 63.3 Å². The molecule has 0 unspecified atom stereocenters. The van der Waals surface area contributed by atoms with Crippen LogP contribution in [0.15, 0.2) is 29.2 Å². The van der Waals surface area contributed by atoms with E-state index in [-0.39, 0.29) is 11.7 Å². The van der Waals surface area contributed by atoms with Gasteiger partial charge >= 0.3 is 6.09 Å². The molecular formula is C26H40N2O3. The third-order valence-electron chi connectivity index (χ3n) is 5.04. The molecule has 1 amide bonds. The molecule has 2 heterocycles. The van der Waals surface area contributed by atoms with Crippen LogP contribution in [-0.4, -0.2) is 27.7 Å². The van der Waals surface area contributed by atoms with Gasteiger partial charge in [-0.2, -0.15) is 0 Å². The maximum atomic E-state index is 12.7. The molecule has 1 aliphatic heterocycles. The zero-order chi connectivity index (χ0) is 23.9. The van der Waals surface area contributed by atoms with Crippen molar-refractivity contribution in [3.8, 4) is 11.1 Å². The molecule has 3 rings (SSSR count). The Bertz CT molecular complexity index is 952. The quantitative estimate of drug-likeness (QED) is 0.558. The third kappa shape index (κ3) is 6.46. The number of carbonyl (C=O) groups is 1. The summed E-state index contributed by atoms with van der Waals surface area (Å²) >= 11 is 0. The van der Waals surface area contributed by atoms with Gasteiger partial charge in [0.1, 0.15) is 5.60 Å². The lowest BCUT2D eigenvalue weighted by molar-refractivity contribution is 0.0224. The summed E-state index contributed by atoms with van der Waals surface area (Å²) in [6.07, 6.45) is 2.09. The summed E-state index contributed by atoms with van der Waals surface area (Å²) in [6.45, 7) is 18.6. The smallest absolute Gasteiger partial charge is 0.410 e. The number of hydrogen-bond donors (Lipinski definition) is 0. The fourth-order valence-corrected chi connectivity index (χ4v) is 3.43. The molecule has 0 N–H and O–H groups in total. The number of hydrogen-bond acceptors (Lipinski definition) is 3. The molecular weight excluding hydrogens is 388 g/mol. The zero-order valence-corrected chi connectivity index (χ0v) is 21.0. The molecule has 172 valence electrons. The molecule has 1 aromatic carbocycles. The van der Waals surface area contributed by atoms with Crippen molar-refractivity contribution in [3.05, 3.63) is 57.0 Å². The van der Waals surface area contributed by atoms with Crippen molar-refractivity contribution in [1.29, 1.82) is 0 Å². The topological polar surface area (TPSA) is 51.5 Å². The normalized spacial score (nSPS) is 12.6. The molecule has 0 bridgehead atoms. The van der Waals surface area contributed by atoms with Crippen molar-refractivity contribution in [1.82, 2.24) is 9.47 Å². The molecule has 5 heteroatoms. The van der Waals surface area contributed by atoms with Crippen LogP contribution < -0.4 is 5.56 Å². The molecule has 0 atom stereocenters. The van der Waals surface area contributed by atoms with Crippen LogP contribution in [0, 0.1) is 13.8 Å². The first-order valence-electron chi connectivity index (χ1n) is 11.3. The molecule has 1 aromatic heterocycles.